The summed E-state index contributed by atoms with van der Waals surface area (Å²) in [5.74, 6) is 0.218. The Labute approximate surface area is 106 Å². The first kappa shape index (κ1) is 11.8. The van der Waals surface area contributed by atoms with Crippen molar-refractivity contribution in [1.82, 2.24) is 14.5 Å². The van der Waals surface area contributed by atoms with Crippen LogP contribution < -0.4 is 11.3 Å². The highest BCUT2D eigenvalue weighted by Gasteiger charge is 2.04. The Morgan fingerprint density at radius 1 is 1.41 bits per heavy atom. The summed E-state index contributed by atoms with van der Waals surface area (Å²) in [7, 11) is 1.59. The van der Waals surface area contributed by atoms with Crippen LogP contribution in [0.3, 0.4) is 0 Å². The molecule has 0 aliphatic rings. The molecule has 2 aromatic rings. The lowest BCUT2D eigenvalue weighted by molar-refractivity contribution is 0.824. The number of rotatable bonds is 2. The van der Waals surface area contributed by atoms with Gasteiger partial charge in [0.1, 0.15) is 0 Å². The van der Waals surface area contributed by atoms with Crippen molar-refractivity contribution in [2.24, 2.45) is 7.05 Å². The molecule has 17 heavy (non-hydrogen) atoms. The quantitative estimate of drug-likeness (QED) is 0.900. The van der Waals surface area contributed by atoms with Gasteiger partial charge in [0.05, 0.1) is 5.69 Å². The van der Waals surface area contributed by atoms with Crippen LogP contribution in [-0.4, -0.2) is 14.5 Å². The molecule has 2 rings (SSSR count). The number of nitrogen functional groups attached to an aromatic ring is 1. The van der Waals surface area contributed by atoms with Crippen LogP contribution in [0.1, 0.15) is 11.3 Å². The minimum Gasteiger partial charge on any atom is -0.369 e. The maximum absolute atomic E-state index is 11.5. The molecule has 88 valence electrons. The molecule has 2 N–H and O–H groups in total. The van der Waals surface area contributed by atoms with E-state index >= 15 is 0 Å². The van der Waals surface area contributed by atoms with Crippen molar-refractivity contribution in [3.05, 3.63) is 50.6 Å². The number of anilines is 1. The van der Waals surface area contributed by atoms with Crippen molar-refractivity contribution >= 4 is 21.9 Å². The zero-order valence-corrected chi connectivity index (χ0v) is 10.8. The lowest BCUT2D eigenvalue weighted by atomic mass is 10.1. The minimum atomic E-state index is -0.157. The molecule has 0 aliphatic heterocycles. The third-order valence-electron chi connectivity index (χ3n) is 2.37. The molecule has 0 saturated carbocycles. The zero-order chi connectivity index (χ0) is 12.4. The van der Waals surface area contributed by atoms with Crippen LogP contribution in [0.4, 0.5) is 5.95 Å². The molecule has 0 atom stereocenters. The highest BCUT2D eigenvalue weighted by molar-refractivity contribution is 9.10. The fourth-order valence-corrected chi connectivity index (χ4v) is 1.87. The fraction of sp³-hybridized carbons (Fsp3) is 0.182. The Morgan fingerprint density at radius 3 is 2.82 bits per heavy atom. The number of nitrogens with two attached hydrogens (primary N) is 1. The molecule has 0 unspecified atom stereocenters. The van der Waals surface area contributed by atoms with Gasteiger partial charge in [0.25, 0.3) is 5.56 Å². The van der Waals surface area contributed by atoms with Crippen molar-refractivity contribution in [2.45, 2.75) is 6.42 Å². The second-order valence-electron chi connectivity index (χ2n) is 3.69. The summed E-state index contributed by atoms with van der Waals surface area (Å²) in [5, 5.41) is 0. The zero-order valence-electron chi connectivity index (χ0n) is 9.22. The summed E-state index contributed by atoms with van der Waals surface area (Å²) in [4.78, 5) is 19.7. The molecular formula is C11H11BrN4O. The summed E-state index contributed by atoms with van der Waals surface area (Å²) >= 11 is 3.34. The van der Waals surface area contributed by atoms with Gasteiger partial charge >= 0.3 is 0 Å². The number of pyridine rings is 1. The predicted molar refractivity (Wildman–Crippen MR) is 68.6 cm³/mol. The smallest absolute Gasteiger partial charge is 0.254 e. The number of hydrogen-bond donors (Lipinski definition) is 1. The van der Waals surface area contributed by atoms with Crippen molar-refractivity contribution in [2.75, 3.05) is 5.73 Å². The molecular weight excluding hydrogens is 284 g/mol. The van der Waals surface area contributed by atoms with Gasteiger partial charge in [-0.2, -0.15) is 0 Å². The van der Waals surface area contributed by atoms with Gasteiger partial charge in [-0.05, 0) is 27.6 Å². The lowest BCUT2D eigenvalue weighted by Crippen LogP contribution is -2.21. The second-order valence-corrected chi connectivity index (χ2v) is 4.61. The van der Waals surface area contributed by atoms with Crippen molar-refractivity contribution in [3.8, 4) is 0 Å². The third-order valence-corrected chi connectivity index (χ3v) is 2.80. The van der Waals surface area contributed by atoms with Gasteiger partial charge in [0, 0.05) is 36.4 Å². The maximum atomic E-state index is 11.5. The van der Waals surface area contributed by atoms with E-state index in [-0.39, 0.29) is 11.5 Å². The topological polar surface area (TPSA) is 73.8 Å². The normalized spacial score (nSPS) is 10.5. The van der Waals surface area contributed by atoms with E-state index in [0.29, 0.717) is 12.1 Å². The predicted octanol–water partition coefficient (Wildman–Crippen LogP) is 1.11. The molecule has 6 heteroatoms. The van der Waals surface area contributed by atoms with Crippen molar-refractivity contribution < 1.29 is 0 Å². The van der Waals surface area contributed by atoms with E-state index in [1.165, 1.54) is 10.6 Å². The molecule has 2 heterocycles. The van der Waals surface area contributed by atoms with Crippen LogP contribution in [0.2, 0.25) is 0 Å². The molecule has 0 fully saturated rings. The molecule has 0 bridgehead atoms. The average molecular weight is 295 g/mol. The Bertz CT molecular complexity index is 609. The summed E-state index contributed by atoms with van der Waals surface area (Å²) in [5.41, 5.74) is 7.09. The largest absolute Gasteiger partial charge is 0.369 e. The van der Waals surface area contributed by atoms with Crippen LogP contribution >= 0.6 is 15.9 Å². The highest BCUT2D eigenvalue weighted by atomic mass is 79.9. The SMILES string of the molecule is Cn1c(N)nc(Cc2cncc(Br)c2)cc1=O. The first-order valence-electron chi connectivity index (χ1n) is 4.98. The summed E-state index contributed by atoms with van der Waals surface area (Å²) < 4.78 is 2.20. The van der Waals surface area contributed by atoms with Gasteiger partial charge in [-0.25, -0.2) is 4.98 Å². The van der Waals surface area contributed by atoms with Gasteiger partial charge in [-0.1, -0.05) is 0 Å². The van der Waals surface area contributed by atoms with Gasteiger partial charge in [-0.3, -0.25) is 14.3 Å². The van der Waals surface area contributed by atoms with Crippen LogP contribution in [0, 0.1) is 0 Å². The Kier molecular flexibility index (Phi) is 3.23. The maximum Gasteiger partial charge on any atom is 0.254 e. The Balaban J connectivity index is 2.34. The standard InChI is InChI=1S/C11H11BrN4O/c1-16-10(17)4-9(15-11(16)13)3-7-2-8(12)6-14-5-7/h2,4-6H,3H2,1H3,(H2,13,15). The first-order chi connectivity index (χ1) is 8.06. The van der Waals surface area contributed by atoms with Crippen LogP contribution in [0.5, 0.6) is 0 Å². The Hall–Kier alpha value is -1.69. The van der Waals surface area contributed by atoms with E-state index in [9.17, 15) is 4.79 Å². The molecule has 0 aromatic carbocycles. The van der Waals surface area contributed by atoms with E-state index in [0.717, 1.165) is 10.0 Å². The third kappa shape index (κ3) is 2.71. The molecule has 0 amide bonds. The summed E-state index contributed by atoms with van der Waals surface area (Å²) in [6.45, 7) is 0. The average Bonchev–Trinajstić information content (AvgIpc) is 2.26. The number of nitrogens with zero attached hydrogens (tertiary/aromatic N) is 3. The summed E-state index contributed by atoms with van der Waals surface area (Å²) in [6.07, 6.45) is 3.97. The Morgan fingerprint density at radius 2 is 2.18 bits per heavy atom. The lowest BCUT2D eigenvalue weighted by Gasteiger charge is -2.05. The van der Waals surface area contributed by atoms with Crippen LogP contribution in [0.25, 0.3) is 0 Å². The van der Waals surface area contributed by atoms with Crippen molar-refractivity contribution in [3.63, 3.8) is 0 Å². The first-order valence-corrected chi connectivity index (χ1v) is 5.77. The van der Waals surface area contributed by atoms with Gasteiger partial charge in [-0.15, -0.1) is 0 Å². The highest BCUT2D eigenvalue weighted by Crippen LogP contribution is 2.12. The van der Waals surface area contributed by atoms with Gasteiger partial charge in [0.2, 0.25) is 5.95 Å². The minimum absolute atomic E-state index is 0.157. The molecule has 2 aromatic heterocycles. The van der Waals surface area contributed by atoms with Crippen LogP contribution in [-0.2, 0) is 13.5 Å². The monoisotopic (exact) mass is 294 g/mol. The number of aromatic nitrogens is 3. The van der Waals surface area contributed by atoms with Gasteiger partial charge in [0.15, 0.2) is 0 Å². The second kappa shape index (κ2) is 4.67. The van der Waals surface area contributed by atoms with E-state index in [1.807, 2.05) is 6.07 Å². The van der Waals surface area contributed by atoms with E-state index in [1.54, 1.807) is 19.4 Å². The molecule has 0 radical (unpaired) electrons. The number of hydrogen-bond acceptors (Lipinski definition) is 4. The molecule has 0 saturated heterocycles. The number of halogens is 1. The molecule has 5 nitrogen and oxygen atoms in total. The van der Waals surface area contributed by atoms with Crippen molar-refractivity contribution in [1.29, 1.82) is 0 Å². The van der Waals surface area contributed by atoms with Gasteiger partial charge < -0.3 is 5.73 Å². The van der Waals surface area contributed by atoms with E-state index < -0.39 is 0 Å². The molecule has 0 spiro atoms. The summed E-state index contributed by atoms with van der Waals surface area (Å²) in [6, 6.07) is 3.42. The fourth-order valence-electron chi connectivity index (χ4n) is 1.46. The molecule has 0 aliphatic carbocycles. The van der Waals surface area contributed by atoms with Crippen LogP contribution in [0.15, 0.2) is 33.8 Å². The van der Waals surface area contributed by atoms with E-state index in [4.69, 9.17) is 5.73 Å². The van der Waals surface area contributed by atoms with E-state index in [2.05, 4.69) is 25.9 Å².